The zero-order valence-electron chi connectivity index (χ0n) is 11.7. The van der Waals surface area contributed by atoms with Gasteiger partial charge in [-0.1, -0.05) is 17.7 Å². The lowest BCUT2D eigenvalue weighted by Gasteiger charge is -2.16. The highest BCUT2D eigenvalue weighted by atomic mass is 35.5. The zero-order valence-corrected chi connectivity index (χ0v) is 13.3. The van der Waals surface area contributed by atoms with Crippen LogP contribution in [0.3, 0.4) is 0 Å². The van der Waals surface area contributed by atoms with Crippen LogP contribution in [0.4, 0.5) is 5.69 Å². The van der Waals surface area contributed by atoms with Gasteiger partial charge < -0.3 is 10.6 Å². The lowest BCUT2D eigenvalue weighted by atomic mass is 10.0. The van der Waals surface area contributed by atoms with E-state index in [4.69, 9.17) is 11.6 Å². The molecule has 0 saturated heterocycles. The van der Waals surface area contributed by atoms with Gasteiger partial charge in [-0.05, 0) is 60.8 Å². The summed E-state index contributed by atoms with van der Waals surface area (Å²) in [5.41, 5.74) is 5.05. The molecule has 0 aliphatic carbocycles. The van der Waals surface area contributed by atoms with E-state index in [-0.39, 0.29) is 12.4 Å². The Morgan fingerprint density at radius 2 is 1.86 bits per heavy atom. The zero-order chi connectivity index (χ0) is 13.8. The first-order chi connectivity index (χ1) is 9.84. The first-order valence-electron chi connectivity index (χ1n) is 6.98. The normalized spacial score (nSPS) is 13.8. The van der Waals surface area contributed by atoms with Gasteiger partial charge in [0.1, 0.15) is 0 Å². The molecular formula is C16H19Cl2N3. The van der Waals surface area contributed by atoms with Crippen LogP contribution in [0.25, 0.3) is 0 Å². The van der Waals surface area contributed by atoms with Gasteiger partial charge in [-0.2, -0.15) is 0 Å². The Morgan fingerprint density at radius 3 is 2.67 bits per heavy atom. The fraction of sp³-hybridized carbons (Fsp3) is 0.312. The summed E-state index contributed by atoms with van der Waals surface area (Å²) in [5, 5.41) is 7.74. The third-order valence-electron chi connectivity index (χ3n) is 3.70. The van der Waals surface area contributed by atoms with Crippen molar-refractivity contribution in [1.82, 2.24) is 10.3 Å². The van der Waals surface area contributed by atoms with Gasteiger partial charge in [-0.3, -0.25) is 4.98 Å². The van der Waals surface area contributed by atoms with Crippen molar-refractivity contribution < 1.29 is 0 Å². The Hall–Kier alpha value is -1.29. The second-order valence-corrected chi connectivity index (χ2v) is 5.43. The number of aromatic nitrogens is 1. The molecule has 2 heterocycles. The van der Waals surface area contributed by atoms with E-state index >= 15 is 0 Å². The summed E-state index contributed by atoms with van der Waals surface area (Å²) in [5.74, 6) is 0. The Kier molecular flexibility index (Phi) is 5.85. The van der Waals surface area contributed by atoms with E-state index in [0.717, 1.165) is 43.2 Å². The monoisotopic (exact) mass is 323 g/mol. The van der Waals surface area contributed by atoms with Gasteiger partial charge in [0.15, 0.2) is 0 Å². The Bertz CT molecular complexity index is 588. The molecule has 0 saturated carbocycles. The molecule has 3 nitrogen and oxygen atoms in total. The number of pyridine rings is 1. The smallest absolute Gasteiger partial charge is 0.0640 e. The van der Waals surface area contributed by atoms with Crippen LogP contribution in [0.2, 0.25) is 5.02 Å². The summed E-state index contributed by atoms with van der Waals surface area (Å²) in [4.78, 5) is 4.04. The van der Waals surface area contributed by atoms with Gasteiger partial charge in [0.05, 0.1) is 10.7 Å². The summed E-state index contributed by atoms with van der Waals surface area (Å²) >= 11 is 6.39. The molecule has 0 spiro atoms. The second kappa shape index (κ2) is 7.64. The molecule has 21 heavy (non-hydrogen) atoms. The van der Waals surface area contributed by atoms with Crippen LogP contribution in [-0.4, -0.2) is 18.1 Å². The lowest BCUT2D eigenvalue weighted by Crippen LogP contribution is -2.16. The quantitative estimate of drug-likeness (QED) is 0.908. The van der Waals surface area contributed by atoms with Crippen molar-refractivity contribution in [3.8, 4) is 0 Å². The van der Waals surface area contributed by atoms with Crippen molar-refractivity contribution in [1.29, 1.82) is 0 Å². The summed E-state index contributed by atoms with van der Waals surface area (Å²) in [6.45, 7) is 2.82. The fourth-order valence-electron chi connectivity index (χ4n) is 2.63. The molecule has 5 heteroatoms. The average Bonchev–Trinajstić information content (AvgIpc) is 2.73. The molecule has 1 aromatic carbocycles. The Labute approximate surface area is 136 Å². The van der Waals surface area contributed by atoms with Crippen molar-refractivity contribution in [3.63, 3.8) is 0 Å². The molecule has 2 N–H and O–H groups in total. The van der Waals surface area contributed by atoms with Gasteiger partial charge in [-0.15, -0.1) is 12.4 Å². The largest absolute Gasteiger partial charge is 0.380 e. The van der Waals surface area contributed by atoms with Gasteiger partial charge in [-0.25, -0.2) is 0 Å². The molecule has 1 aliphatic heterocycles. The Morgan fingerprint density at radius 1 is 1.10 bits per heavy atom. The van der Waals surface area contributed by atoms with E-state index in [2.05, 4.69) is 21.7 Å². The number of hydrogen-bond acceptors (Lipinski definition) is 3. The molecule has 2 aromatic rings. The van der Waals surface area contributed by atoms with Gasteiger partial charge >= 0.3 is 0 Å². The summed E-state index contributed by atoms with van der Waals surface area (Å²) in [7, 11) is 0. The number of nitrogens with one attached hydrogen (secondary N) is 2. The van der Waals surface area contributed by atoms with E-state index in [1.807, 2.05) is 30.6 Å². The molecule has 0 unspecified atom stereocenters. The Balaban J connectivity index is 0.00000161. The van der Waals surface area contributed by atoms with Crippen LogP contribution in [0.15, 0.2) is 36.7 Å². The topological polar surface area (TPSA) is 37.0 Å². The lowest BCUT2D eigenvalue weighted by molar-refractivity contribution is 0.711. The molecular weight excluding hydrogens is 305 g/mol. The molecule has 1 aromatic heterocycles. The van der Waals surface area contributed by atoms with E-state index in [1.54, 1.807) is 0 Å². The van der Waals surface area contributed by atoms with Crippen LogP contribution in [-0.2, 0) is 19.4 Å². The predicted molar refractivity (Wildman–Crippen MR) is 90.5 cm³/mol. The molecule has 0 bridgehead atoms. The van der Waals surface area contributed by atoms with Gasteiger partial charge in [0, 0.05) is 18.9 Å². The highest BCUT2D eigenvalue weighted by molar-refractivity contribution is 6.33. The fourth-order valence-corrected chi connectivity index (χ4v) is 2.87. The number of fused-ring (bicyclic) bond motifs is 1. The van der Waals surface area contributed by atoms with Crippen LogP contribution >= 0.6 is 24.0 Å². The van der Waals surface area contributed by atoms with Gasteiger partial charge in [0.2, 0.25) is 0 Å². The molecule has 112 valence electrons. The van der Waals surface area contributed by atoms with E-state index in [0.29, 0.717) is 0 Å². The summed E-state index contributed by atoms with van der Waals surface area (Å²) in [6, 6.07) is 8.19. The maximum atomic E-state index is 6.39. The number of nitrogens with zero attached hydrogens (tertiary/aromatic N) is 1. The number of hydrogen-bond donors (Lipinski definition) is 2. The first-order valence-corrected chi connectivity index (χ1v) is 7.36. The number of rotatable bonds is 3. The minimum atomic E-state index is 0. The summed E-state index contributed by atoms with van der Waals surface area (Å²) in [6.07, 6.45) is 5.72. The standard InChI is InChI=1S/C16H18ClN3.ClH/c17-15-2-1-13-5-9-19-10-6-14(13)16(15)20-11-12-3-7-18-8-4-12;/h1-4,7-8,19-20H,5-6,9-11H2;1H. The van der Waals surface area contributed by atoms with Crippen LogP contribution in [0.5, 0.6) is 0 Å². The molecule has 0 atom stereocenters. The minimum Gasteiger partial charge on any atom is -0.380 e. The maximum Gasteiger partial charge on any atom is 0.0640 e. The molecule has 0 amide bonds. The number of halogens is 2. The first kappa shape index (κ1) is 16.1. The van der Waals surface area contributed by atoms with Crippen LogP contribution in [0.1, 0.15) is 16.7 Å². The number of anilines is 1. The van der Waals surface area contributed by atoms with E-state index in [9.17, 15) is 0 Å². The van der Waals surface area contributed by atoms with Crippen molar-refractivity contribution in [2.45, 2.75) is 19.4 Å². The highest BCUT2D eigenvalue weighted by Gasteiger charge is 2.14. The molecule has 0 fully saturated rings. The van der Waals surface area contributed by atoms with E-state index < -0.39 is 0 Å². The van der Waals surface area contributed by atoms with Crippen molar-refractivity contribution in [2.24, 2.45) is 0 Å². The predicted octanol–water partition coefficient (Wildman–Crippen LogP) is 3.46. The molecule has 1 aliphatic rings. The third-order valence-corrected chi connectivity index (χ3v) is 4.02. The second-order valence-electron chi connectivity index (χ2n) is 5.02. The average molecular weight is 324 g/mol. The van der Waals surface area contributed by atoms with Crippen molar-refractivity contribution in [3.05, 3.63) is 58.4 Å². The minimum absolute atomic E-state index is 0. The summed E-state index contributed by atoms with van der Waals surface area (Å²) < 4.78 is 0. The highest BCUT2D eigenvalue weighted by Crippen LogP contribution is 2.31. The van der Waals surface area contributed by atoms with Crippen molar-refractivity contribution in [2.75, 3.05) is 18.4 Å². The number of benzene rings is 1. The van der Waals surface area contributed by atoms with Gasteiger partial charge in [0.25, 0.3) is 0 Å². The third kappa shape index (κ3) is 3.88. The SMILES string of the molecule is Cl.Clc1ccc2c(c1NCc1ccncc1)CCNCC2. The van der Waals surface area contributed by atoms with Crippen LogP contribution < -0.4 is 10.6 Å². The molecule has 0 radical (unpaired) electrons. The maximum absolute atomic E-state index is 6.39. The van der Waals surface area contributed by atoms with Crippen LogP contribution in [0, 0.1) is 0 Å². The van der Waals surface area contributed by atoms with E-state index in [1.165, 1.54) is 16.7 Å². The molecule has 3 rings (SSSR count). The van der Waals surface area contributed by atoms with Crippen molar-refractivity contribution >= 4 is 29.7 Å².